The highest BCUT2D eigenvalue weighted by Gasteiger charge is 2.09. The largest absolute Gasteiger partial charge is 0.482 e. The minimum Gasteiger partial charge on any atom is -0.482 e. The standard InChI is InChI=1S/C25H22ClN3O2/c26-23-14-20(19-6-2-1-3-7-19)10-11-24(23)31-17-25(30)28-15-21-8-4-5-9-22(21)16-29-13-12-27-18-29/h1-14,18H,15-17H2,(H,28,30). The highest BCUT2D eigenvalue weighted by molar-refractivity contribution is 6.32. The molecule has 0 atom stereocenters. The highest BCUT2D eigenvalue weighted by atomic mass is 35.5. The Balaban J connectivity index is 1.32. The predicted octanol–water partition coefficient (Wildman–Crippen LogP) is 4.95. The third kappa shape index (κ3) is 5.53. The van der Waals surface area contributed by atoms with Crippen LogP contribution >= 0.6 is 11.6 Å². The van der Waals surface area contributed by atoms with Gasteiger partial charge in [-0.15, -0.1) is 0 Å². The van der Waals surface area contributed by atoms with Crippen LogP contribution in [0, 0.1) is 0 Å². The van der Waals surface area contributed by atoms with Crippen molar-refractivity contribution < 1.29 is 9.53 Å². The molecule has 0 saturated carbocycles. The van der Waals surface area contributed by atoms with E-state index in [1.807, 2.05) is 77.5 Å². The van der Waals surface area contributed by atoms with Crippen LogP contribution in [0.1, 0.15) is 11.1 Å². The van der Waals surface area contributed by atoms with E-state index < -0.39 is 0 Å². The van der Waals surface area contributed by atoms with Crippen LogP contribution in [0.3, 0.4) is 0 Å². The second-order valence-corrected chi connectivity index (χ2v) is 7.49. The van der Waals surface area contributed by atoms with Crippen LogP contribution in [0.25, 0.3) is 11.1 Å². The number of halogens is 1. The molecule has 4 rings (SSSR count). The number of hydrogen-bond acceptors (Lipinski definition) is 3. The number of nitrogens with zero attached hydrogens (tertiary/aromatic N) is 2. The summed E-state index contributed by atoms with van der Waals surface area (Å²) in [4.78, 5) is 16.4. The smallest absolute Gasteiger partial charge is 0.258 e. The zero-order valence-electron chi connectivity index (χ0n) is 16.9. The molecule has 0 bridgehead atoms. The van der Waals surface area contributed by atoms with E-state index in [0.29, 0.717) is 23.9 Å². The Labute approximate surface area is 186 Å². The maximum atomic E-state index is 12.3. The molecule has 0 radical (unpaired) electrons. The van der Waals surface area contributed by atoms with Gasteiger partial charge in [0.1, 0.15) is 5.75 Å². The summed E-state index contributed by atoms with van der Waals surface area (Å²) in [5, 5.41) is 3.39. The minimum atomic E-state index is -0.208. The first-order chi connectivity index (χ1) is 15.2. The lowest BCUT2D eigenvalue weighted by atomic mass is 10.1. The fraction of sp³-hybridized carbons (Fsp3) is 0.120. The van der Waals surface area contributed by atoms with Crippen molar-refractivity contribution in [2.45, 2.75) is 13.1 Å². The molecule has 6 heteroatoms. The molecule has 0 aliphatic carbocycles. The van der Waals surface area contributed by atoms with E-state index >= 15 is 0 Å². The zero-order chi connectivity index (χ0) is 21.5. The summed E-state index contributed by atoms with van der Waals surface area (Å²) < 4.78 is 7.63. The van der Waals surface area contributed by atoms with E-state index in [9.17, 15) is 4.79 Å². The monoisotopic (exact) mass is 431 g/mol. The number of carbonyl (C=O) groups excluding carboxylic acids is 1. The van der Waals surface area contributed by atoms with Crippen molar-refractivity contribution in [3.8, 4) is 16.9 Å². The lowest BCUT2D eigenvalue weighted by Gasteiger charge is -2.12. The second kappa shape index (κ2) is 9.96. The van der Waals surface area contributed by atoms with Crippen molar-refractivity contribution in [2.24, 2.45) is 0 Å². The first-order valence-corrected chi connectivity index (χ1v) is 10.3. The van der Waals surface area contributed by atoms with Gasteiger partial charge >= 0.3 is 0 Å². The van der Waals surface area contributed by atoms with Gasteiger partial charge in [-0.1, -0.05) is 72.3 Å². The number of benzene rings is 3. The SMILES string of the molecule is O=C(COc1ccc(-c2ccccc2)cc1Cl)NCc1ccccc1Cn1ccnc1. The molecule has 1 amide bonds. The Bertz CT molecular complexity index is 1140. The second-order valence-electron chi connectivity index (χ2n) is 7.08. The molecule has 1 heterocycles. The van der Waals surface area contributed by atoms with Gasteiger partial charge in [-0.3, -0.25) is 4.79 Å². The number of carbonyl (C=O) groups is 1. The van der Waals surface area contributed by atoms with Crippen molar-refractivity contribution in [2.75, 3.05) is 6.61 Å². The summed E-state index contributed by atoms with van der Waals surface area (Å²) in [7, 11) is 0. The van der Waals surface area contributed by atoms with Crippen molar-refractivity contribution in [1.29, 1.82) is 0 Å². The highest BCUT2D eigenvalue weighted by Crippen LogP contribution is 2.30. The average molecular weight is 432 g/mol. The number of nitrogens with one attached hydrogen (secondary N) is 1. The molecular formula is C25H22ClN3O2. The third-order valence-corrected chi connectivity index (χ3v) is 5.20. The molecule has 4 aromatic rings. The van der Waals surface area contributed by atoms with Crippen molar-refractivity contribution in [3.63, 3.8) is 0 Å². The number of aromatic nitrogens is 2. The van der Waals surface area contributed by atoms with Gasteiger partial charge in [0.05, 0.1) is 11.3 Å². The van der Waals surface area contributed by atoms with Gasteiger partial charge in [-0.2, -0.15) is 0 Å². The van der Waals surface area contributed by atoms with Crippen LogP contribution in [-0.4, -0.2) is 22.1 Å². The molecule has 156 valence electrons. The lowest BCUT2D eigenvalue weighted by Crippen LogP contribution is -2.28. The van der Waals surface area contributed by atoms with E-state index in [0.717, 1.165) is 22.3 Å². The number of rotatable bonds is 8. The van der Waals surface area contributed by atoms with E-state index in [4.69, 9.17) is 16.3 Å². The Morgan fingerprint density at radius 2 is 1.74 bits per heavy atom. The molecule has 0 unspecified atom stereocenters. The molecule has 1 aromatic heterocycles. The van der Waals surface area contributed by atoms with Gasteiger partial charge in [0.15, 0.2) is 6.61 Å². The fourth-order valence-electron chi connectivity index (χ4n) is 3.28. The van der Waals surface area contributed by atoms with Gasteiger partial charge in [-0.25, -0.2) is 4.98 Å². The molecule has 0 aliphatic heterocycles. The average Bonchev–Trinajstić information content (AvgIpc) is 3.31. The van der Waals surface area contributed by atoms with Gasteiger partial charge in [-0.05, 0) is 34.4 Å². The maximum absolute atomic E-state index is 12.3. The lowest BCUT2D eigenvalue weighted by molar-refractivity contribution is -0.123. The van der Waals surface area contributed by atoms with E-state index in [2.05, 4.69) is 10.3 Å². The number of ether oxygens (including phenoxy) is 1. The molecular weight excluding hydrogens is 410 g/mol. The summed E-state index contributed by atoms with van der Waals surface area (Å²) in [6.07, 6.45) is 5.44. The van der Waals surface area contributed by atoms with Crippen LogP contribution in [0.5, 0.6) is 5.75 Å². The van der Waals surface area contributed by atoms with Crippen LogP contribution < -0.4 is 10.1 Å². The van der Waals surface area contributed by atoms with Gasteiger partial charge < -0.3 is 14.6 Å². The summed E-state index contributed by atoms with van der Waals surface area (Å²) in [6.45, 7) is 1.02. The maximum Gasteiger partial charge on any atom is 0.258 e. The van der Waals surface area contributed by atoms with E-state index in [1.165, 1.54) is 0 Å². The minimum absolute atomic E-state index is 0.103. The molecule has 0 saturated heterocycles. The summed E-state index contributed by atoms with van der Waals surface area (Å²) in [5.41, 5.74) is 4.25. The summed E-state index contributed by atoms with van der Waals surface area (Å²) >= 11 is 6.36. The van der Waals surface area contributed by atoms with Crippen molar-refractivity contribution in [3.05, 3.63) is 108 Å². The summed E-state index contributed by atoms with van der Waals surface area (Å²) in [5.74, 6) is 0.276. The van der Waals surface area contributed by atoms with Gasteiger partial charge in [0.25, 0.3) is 5.91 Å². The Morgan fingerprint density at radius 3 is 2.48 bits per heavy atom. The third-order valence-electron chi connectivity index (χ3n) is 4.90. The quantitative estimate of drug-likeness (QED) is 0.429. The zero-order valence-corrected chi connectivity index (χ0v) is 17.6. The molecule has 0 aliphatic rings. The van der Waals surface area contributed by atoms with Gasteiger partial charge in [0, 0.05) is 25.5 Å². The number of imidazole rings is 1. The predicted molar refractivity (Wildman–Crippen MR) is 122 cm³/mol. The van der Waals surface area contributed by atoms with Crippen molar-refractivity contribution >= 4 is 17.5 Å². The number of amides is 1. The molecule has 31 heavy (non-hydrogen) atoms. The number of hydrogen-bond donors (Lipinski definition) is 1. The molecule has 0 fully saturated rings. The fourth-order valence-corrected chi connectivity index (χ4v) is 3.51. The van der Waals surface area contributed by atoms with Gasteiger partial charge in [0.2, 0.25) is 0 Å². The first kappa shape index (κ1) is 20.7. The Hall–Kier alpha value is -3.57. The van der Waals surface area contributed by atoms with Crippen LogP contribution in [-0.2, 0) is 17.9 Å². The molecule has 1 N–H and O–H groups in total. The Kier molecular flexibility index (Phi) is 6.65. The normalized spacial score (nSPS) is 10.6. The van der Waals surface area contributed by atoms with E-state index in [-0.39, 0.29) is 12.5 Å². The molecule has 3 aromatic carbocycles. The van der Waals surface area contributed by atoms with E-state index in [1.54, 1.807) is 18.6 Å². The van der Waals surface area contributed by atoms with Crippen LogP contribution in [0.2, 0.25) is 5.02 Å². The summed E-state index contributed by atoms with van der Waals surface area (Å²) in [6, 6.07) is 23.5. The van der Waals surface area contributed by atoms with Crippen LogP contribution in [0.4, 0.5) is 0 Å². The van der Waals surface area contributed by atoms with Crippen molar-refractivity contribution in [1.82, 2.24) is 14.9 Å². The molecule has 0 spiro atoms. The Morgan fingerprint density at radius 1 is 0.968 bits per heavy atom. The molecule has 5 nitrogen and oxygen atoms in total. The topological polar surface area (TPSA) is 56.1 Å². The van der Waals surface area contributed by atoms with Crippen LogP contribution in [0.15, 0.2) is 91.5 Å². The first-order valence-electron chi connectivity index (χ1n) is 9.96.